The van der Waals surface area contributed by atoms with Crippen molar-refractivity contribution in [1.29, 1.82) is 0 Å². The second-order valence-corrected chi connectivity index (χ2v) is 4.18. The molecule has 14 heavy (non-hydrogen) atoms. The molecule has 0 aromatic heterocycles. The average molecular weight is 212 g/mol. The Labute approximate surface area is 81.7 Å². The van der Waals surface area contributed by atoms with Gasteiger partial charge in [-0.25, -0.2) is 4.39 Å². The van der Waals surface area contributed by atoms with E-state index in [1.807, 2.05) is 6.92 Å². The summed E-state index contributed by atoms with van der Waals surface area (Å²) in [4.78, 5) is 0. The van der Waals surface area contributed by atoms with Gasteiger partial charge in [-0.05, 0) is 25.2 Å². The SMILES string of the molecule is CCC1CC(CC)C(F)(C(F)(F)F)C1. The summed E-state index contributed by atoms with van der Waals surface area (Å²) in [7, 11) is 0. The Morgan fingerprint density at radius 3 is 2.07 bits per heavy atom. The molecule has 0 nitrogen and oxygen atoms in total. The first kappa shape index (κ1) is 11.8. The fourth-order valence-electron chi connectivity index (χ4n) is 2.41. The Balaban J connectivity index is 2.86. The summed E-state index contributed by atoms with van der Waals surface area (Å²) in [5, 5.41) is 0. The monoisotopic (exact) mass is 212 g/mol. The third-order valence-electron chi connectivity index (χ3n) is 3.39. The molecule has 0 aromatic carbocycles. The van der Waals surface area contributed by atoms with Crippen LogP contribution in [0, 0.1) is 11.8 Å². The molecular weight excluding hydrogens is 196 g/mol. The number of hydrogen-bond acceptors (Lipinski definition) is 0. The van der Waals surface area contributed by atoms with Crippen LogP contribution in [0.3, 0.4) is 0 Å². The lowest BCUT2D eigenvalue weighted by atomic mass is 9.90. The number of alkyl halides is 4. The van der Waals surface area contributed by atoms with Crippen LogP contribution < -0.4 is 0 Å². The van der Waals surface area contributed by atoms with Crippen molar-refractivity contribution in [2.45, 2.75) is 51.4 Å². The molecule has 1 aliphatic carbocycles. The molecule has 1 rings (SSSR count). The van der Waals surface area contributed by atoms with E-state index in [9.17, 15) is 17.6 Å². The maximum atomic E-state index is 13.8. The van der Waals surface area contributed by atoms with Gasteiger partial charge >= 0.3 is 6.18 Å². The molecule has 0 amide bonds. The predicted molar refractivity (Wildman–Crippen MR) is 46.7 cm³/mol. The molecule has 3 atom stereocenters. The Morgan fingerprint density at radius 2 is 1.79 bits per heavy atom. The molecule has 1 fully saturated rings. The topological polar surface area (TPSA) is 0 Å². The molecule has 3 unspecified atom stereocenters. The van der Waals surface area contributed by atoms with E-state index in [0.29, 0.717) is 12.8 Å². The van der Waals surface area contributed by atoms with Crippen LogP contribution in [-0.4, -0.2) is 11.8 Å². The zero-order chi connectivity index (χ0) is 11.0. The van der Waals surface area contributed by atoms with E-state index >= 15 is 0 Å². The first-order chi connectivity index (χ1) is 6.35. The maximum Gasteiger partial charge on any atom is 0.422 e. The molecule has 0 radical (unpaired) electrons. The van der Waals surface area contributed by atoms with Crippen molar-refractivity contribution >= 4 is 0 Å². The Morgan fingerprint density at radius 1 is 1.21 bits per heavy atom. The number of rotatable bonds is 2. The second-order valence-electron chi connectivity index (χ2n) is 4.18. The van der Waals surface area contributed by atoms with Gasteiger partial charge in [0.25, 0.3) is 0 Å². The summed E-state index contributed by atoms with van der Waals surface area (Å²) in [6, 6.07) is 0. The van der Waals surface area contributed by atoms with Crippen molar-refractivity contribution in [3.8, 4) is 0 Å². The number of halogens is 4. The van der Waals surface area contributed by atoms with E-state index < -0.39 is 17.8 Å². The van der Waals surface area contributed by atoms with Gasteiger partial charge in [-0.3, -0.25) is 0 Å². The molecule has 0 spiro atoms. The Hall–Kier alpha value is -0.280. The summed E-state index contributed by atoms with van der Waals surface area (Å²) in [5.41, 5.74) is -2.93. The summed E-state index contributed by atoms with van der Waals surface area (Å²) < 4.78 is 51.3. The molecular formula is C10H16F4. The minimum absolute atomic E-state index is 0.105. The molecule has 0 aromatic rings. The zero-order valence-electron chi connectivity index (χ0n) is 8.49. The van der Waals surface area contributed by atoms with E-state index in [1.54, 1.807) is 6.92 Å². The van der Waals surface area contributed by atoms with Crippen molar-refractivity contribution in [2.24, 2.45) is 11.8 Å². The highest BCUT2D eigenvalue weighted by Crippen LogP contribution is 2.53. The summed E-state index contributed by atoms with van der Waals surface area (Å²) >= 11 is 0. The van der Waals surface area contributed by atoms with Gasteiger partial charge in [-0.1, -0.05) is 20.3 Å². The van der Waals surface area contributed by atoms with Gasteiger partial charge in [0, 0.05) is 5.92 Å². The highest BCUT2D eigenvalue weighted by molar-refractivity contribution is 5.00. The average Bonchev–Trinajstić information content (AvgIpc) is 2.42. The van der Waals surface area contributed by atoms with Gasteiger partial charge in [0.1, 0.15) is 0 Å². The van der Waals surface area contributed by atoms with Crippen molar-refractivity contribution in [2.75, 3.05) is 0 Å². The number of hydrogen-bond donors (Lipinski definition) is 0. The summed E-state index contributed by atoms with van der Waals surface area (Å²) in [6.07, 6.45) is -3.75. The van der Waals surface area contributed by atoms with E-state index in [0.717, 1.165) is 0 Å². The molecule has 0 aliphatic heterocycles. The normalized spacial score (nSPS) is 39.0. The first-order valence-electron chi connectivity index (χ1n) is 5.10. The lowest BCUT2D eigenvalue weighted by molar-refractivity contribution is -0.243. The lowest BCUT2D eigenvalue weighted by Crippen LogP contribution is -2.43. The van der Waals surface area contributed by atoms with E-state index in [4.69, 9.17) is 0 Å². The van der Waals surface area contributed by atoms with Gasteiger partial charge in [0.15, 0.2) is 0 Å². The van der Waals surface area contributed by atoms with Crippen molar-refractivity contribution in [3.05, 3.63) is 0 Å². The lowest BCUT2D eigenvalue weighted by Gasteiger charge is -2.28. The van der Waals surface area contributed by atoms with Crippen LogP contribution in [0.15, 0.2) is 0 Å². The summed E-state index contributed by atoms with van der Waals surface area (Å²) in [6.45, 7) is 3.45. The van der Waals surface area contributed by atoms with Crippen LogP contribution in [0.1, 0.15) is 39.5 Å². The highest BCUT2D eigenvalue weighted by atomic mass is 19.4. The molecule has 84 valence electrons. The van der Waals surface area contributed by atoms with Crippen LogP contribution >= 0.6 is 0 Å². The predicted octanol–water partition coefficient (Wildman–Crippen LogP) is 4.10. The second kappa shape index (κ2) is 3.70. The quantitative estimate of drug-likeness (QED) is 0.604. The zero-order valence-corrected chi connectivity index (χ0v) is 8.49. The van der Waals surface area contributed by atoms with Crippen LogP contribution in [0.4, 0.5) is 17.6 Å². The molecule has 0 heterocycles. The molecule has 1 aliphatic rings. The highest BCUT2D eigenvalue weighted by Gasteiger charge is 2.63. The van der Waals surface area contributed by atoms with Crippen LogP contribution in [-0.2, 0) is 0 Å². The third kappa shape index (κ3) is 1.75. The molecule has 4 heteroatoms. The summed E-state index contributed by atoms with van der Waals surface area (Å²) in [5.74, 6) is -0.945. The van der Waals surface area contributed by atoms with Crippen molar-refractivity contribution in [1.82, 2.24) is 0 Å². The van der Waals surface area contributed by atoms with E-state index in [1.165, 1.54) is 0 Å². The molecule has 0 saturated heterocycles. The maximum absolute atomic E-state index is 13.8. The standard InChI is InChI=1S/C10H16F4/c1-3-7-5-8(4-2)9(11,6-7)10(12,13)14/h7-8H,3-6H2,1-2H3. The third-order valence-corrected chi connectivity index (χ3v) is 3.39. The Bertz CT molecular complexity index is 199. The Kier molecular flexibility index (Phi) is 3.12. The van der Waals surface area contributed by atoms with Gasteiger partial charge in [-0.15, -0.1) is 0 Å². The smallest absolute Gasteiger partial charge is 0.234 e. The fraction of sp³-hybridized carbons (Fsp3) is 1.00. The van der Waals surface area contributed by atoms with Gasteiger partial charge in [-0.2, -0.15) is 13.2 Å². The minimum Gasteiger partial charge on any atom is -0.234 e. The van der Waals surface area contributed by atoms with Crippen molar-refractivity contribution < 1.29 is 17.6 Å². The van der Waals surface area contributed by atoms with E-state index in [-0.39, 0.29) is 18.8 Å². The minimum atomic E-state index is -4.70. The fourth-order valence-corrected chi connectivity index (χ4v) is 2.41. The molecule has 0 bridgehead atoms. The van der Waals surface area contributed by atoms with Gasteiger partial charge in [0.2, 0.25) is 5.67 Å². The van der Waals surface area contributed by atoms with Gasteiger partial charge in [0.05, 0.1) is 0 Å². The van der Waals surface area contributed by atoms with Crippen molar-refractivity contribution in [3.63, 3.8) is 0 Å². The van der Waals surface area contributed by atoms with E-state index in [2.05, 4.69) is 0 Å². The first-order valence-corrected chi connectivity index (χ1v) is 5.10. The van der Waals surface area contributed by atoms with Gasteiger partial charge < -0.3 is 0 Å². The molecule has 1 saturated carbocycles. The largest absolute Gasteiger partial charge is 0.422 e. The molecule has 0 N–H and O–H groups in total. The van der Waals surface area contributed by atoms with Crippen LogP contribution in [0.25, 0.3) is 0 Å². The van der Waals surface area contributed by atoms with Crippen LogP contribution in [0.5, 0.6) is 0 Å². The van der Waals surface area contributed by atoms with Crippen LogP contribution in [0.2, 0.25) is 0 Å².